The zero-order valence-electron chi connectivity index (χ0n) is 17.2. The van der Waals surface area contributed by atoms with Gasteiger partial charge in [0.05, 0.1) is 12.6 Å². The van der Waals surface area contributed by atoms with Crippen LogP contribution in [0, 0.1) is 11.8 Å². The molecule has 0 aliphatic carbocycles. The van der Waals surface area contributed by atoms with Gasteiger partial charge in [0.15, 0.2) is 5.11 Å². The molecule has 3 rings (SSSR count). The molecule has 2 aromatic carbocycles. The van der Waals surface area contributed by atoms with Crippen LogP contribution in [0.2, 0.25) is 0 Å². The molecule has 1 heterocycles. The number of nitrogens with zero attached hydrogens (tertiary/aromatic N) is 1. The Bertz CT molecular complexity index is 919. The molecule has 1 saturated heterocycles. The fraction of sp³-hybridized carbons (Fsp3) is 0.348. The summed E-state index contributed by atoms with van der Waals surface area (Å²) in [5, 5.41) is 15.3. The highest BCUT2D eigenvalue weighted by molar-refractivity contribution is 7.80. The van der Waals surface area contributed by atoms with E-state index in [1.807, 2.05) is 36.4 Å². The Hall–Kier alpha value is -2.77. The van der Waals surface area contributed by atoms with E-state index in [-0.39, 0.29) is 17.5 Å². The predicted molar refractivity (Wildman–Crippen MR) is 119 cm³/mol. The number of hydrogen-bond donors (Lipinski definition) is 2. The van der Waals surface area contributed by atoms with E-state index >= 15 is 0 Å². The second-order valence-corrected chi connectivity index (χ2v) is 7.88. The number of para-hydroxylation sites is 1. The van der Waals surface area contributed by atoms with Crippen molar-refractivity contribution in [3.05, 3.63) is 66.2 Å². The molecular weight excluding hydrogens is 400 g/mol. The monoisotopic (exact) mass is 426 g/mol. The molecule has 0 unspecified atom stereocenters. The van der Waals surface area contributed by atoms with Gasteiger partial charge < -0.3 is 15.2 Å². The molecule has 0 saturated carbocycles. The van der Waals surface area contributed by atoms with E-state index in [0.717, 1.165) is 5.56 Å². The van der Waals surface area contributed by atoms with Crippen LogP contribution in [0.25, 0.3) is 0 Å². The fourth-order valence-corrected chi connectivity index (χ4v) is 4.18. The van der Waals surface area contributed by atoms with E-state index in [0.29, 0.717) is 5.69 Å². The molecule has 30 heavy (non-hydrogen) atoms. The molecule has 0 aromatic heterocycles. The maximum atomic E-state index is 13.4. The Kier molecular flexibility index (Phi) is 6.53. The molecule has 0 amide bonds. The maximum absolute atomic E-state index is 13.4. The Balaban J connectivity index is 2.24. The van der Waals surface area contributed by atoms with Gasteiger partial charge in [0.25, 0.3) is 5.72 Å². The highest BCUT2D eigenvalue weighted by Gasteiger charge is 2.61. The molecule has 2 aromatic rings. The van der Waals surface area contributed by atoms with Gasteiger partial charge in [0.1, 0.15) is 11.7 Å². The first-order valence-corrected chi connectivity index (χ1v) is 10.4. The fourth-order valence-electron chi connectivity index (χ4n) is 3.81. The Morgan fingerprint density at radius 1 is 1.13 bits per heavy atom. The van der Waals surface area contributed by atoms with Crippen LogP contribution in [0.4, 0.5) is 5.69 Å². The molecular formula is C23H26N2O4S. The summed E-state index contributed by atoms with van der Waals surface area (Å²) in [4.78, 5) is 27.9. The third kappa shape index (κ3) is 3.82. The second kappa shape index (κ2) is 8.93. The number of carbonyl (C=O) groups excluding carboxylic acids is 2. The van der Waals surface area contributed by atoms with Crippen LogP contribution in [0.5, 0.6) is 0 Å². The molecule has 158 valence electrons. The number of benzene rings is 2. The molecule has 3 atom stereocenters. The molecule has 7 heteroatoms. The Morgan fingerprint density at radius 3 is 2.23 bits per heavy atom. The number of esters is 1. The minimum absolute atomic E-state index is 0.0581. The lowest BCUT2D eigenvalue weighted by Gasteiger charge is -2.50. The van der Waals surface area contributed by atoms with Crippen LogP contribution in [0.15, 0.2) is 60.7 Å². The number of ketones is 1. The topological polar surface area (TPSA) is 78.9 Å². The van der Waals surface area contributed by atoms with Crippen LogP contribution in [-0.4, -0.2) is 34.3 Å². The van der Waals surface area contributed by atoms with E-state index in [9.17, 15) is 14.7 Å². The molecule has 0 radical (unpaired) electrons. The summed E-state index contributed by atoms with van der Waals surface area (Å²) in [6.07, 6.45) is 0. The SMILES string of the molecule is CCOC(=O)[C@]1(O)[C@@H](C(=O)C(C)C)[C@@H](c2ccccc2)NC(=S)N1c1ccccc1. The number of nitrogens with one attached hydrogen (secondary N) is 1. The van der Waals surface area contributed by atoms with Crippen molar-refractivity contribution in [1.29, 1.82) is 0 Å². The minimum Gasteiger partial charge on any atom is -0.462 e. The van der Waals surface area contributed by atoms with E-state index in [2.05, 4.69) is 5.32 Å². The molecule has 2 N–H and O–H groups in total. The van der Waals surface area contributed by atoms with Crippen LogP contribution >= 0.6 is 12.2 Å². The van der Waals surface area contributed by atoms with Crippen molar-refractivity contribution in [3.63, 3.8) is 0 Å². The first-order valence-electron chi connectivity index (χ1n) is 9.96. The summed E-state index contributed by atoms with van der Waals surface area (Å²) in [7, 11) is 0. The van der Waals surface area contributed by atoms with Gasteiger partial charge in [0, 0.05) is 11.6 Å². The Morgan fingerprint density at radius 2 is 1.70 bits per heavy atom. The summed E-state index contributed by atoms with van der Waals surface area (Å²) in [5.41, 5.74) is -1.07. The number of hydrogen-bond acceptors (Lipinski definition) is 5. The molecule has 1 fully saturated rings. The molecule has 0 bridgehead atoms. The summed E-state index contributed by atoms with van der Waals surface area (Å²) in [5.74, 6) is -2.74. The van der Waals surface area contributed by atoms with Crippen LogP contribution in [0.3, 0.4) is 0 Å². The third-order valence-corrected chi connectivity index (χ3v) is 5.51. The van der Waals surface area contributed by atoms with Gasteiger partial charge in [-0.05, 0) is 36.8 Å². The zero-order chi connectivity index (χ0) is 21.9. The number of thiocarbonyl (C=S) groups is 1. The standard InChI is InChI=1S/C23H26N2O4S/c1-4-29-21(27)23(28)18(20(26)15(2)3)19(16-11-7-5-8-12-16)24-22(30)25(23)17-13-9-6-10-14-17/h5-15,18-19,28H,4H2,1-3H3,(H,24,30)/t18-,19-,23-/m1/s1. The minimum atomic E-state index is -2.30. The van der Waals surface area contributed by atoms with Gasteiger partial charge in [-0.3, -0.25) is 9.69 Å². The van der Waals surface area contributed by atoms with Crippen molar-refractivity contribution in [2.75, 3.05) is 11.5 Å². The number of anilines is 1. The molecule has 1 aliphatic heterocycles. The number of carbonyl (C=O) groups is 2. The zero-order valence-corrected chi connectivity index (χ0v) is 18.1. The maximum Gasteiger partial charge on any atom is 0.361 e. The van der Waals surface area contributed by atoms with Gasteiger partial charge in [-0.25, -0.2) is 4.79 Å². The number of aliphatic hydroxyl groups is 1. The number of ether oxygens (including phenoxy) is 1. The summed E-state index contributed by atoms with van der Waals surface area (Å²) >= 11 is 5.58. The van der Waals surface area contributed by atoms with E-state index < -0.39 is 29.6 Å². The molecule has 0 spiro atoms. The largest absolute Gasteiger partial charge is 0.462 e. The lowest BCUT2D eigenvalue weighted by atomic mass is 9.75. The smallest absolute Gasteiger partial charge is 0.361 e. The first kappa shape index (κ1) is 21.9. The normalized spacial score (nSPS) is 23.8. The first-order chi connectivity index (χ1) is 14.3. The number of Topliss-reactive ketones (excluding diaryl/α,β-unsaturated/α-hetero) is 1. The van der Waals surface area contributed by atoms with Gasteiger partial charge in [-0.1, -0.05) is 62.4 Å². The lowest BCUT2D eigenvalue weighted by molar-refractivity contribution is -0.176. The van der Waals surface area contributed by atoms with E-state index in [1.54, 1.807) is 45.0 Å². The van der Waals surface area contributed by atoms with Crippen molar-refractivity contribution in [2.24, 2.45) is 11.8 Å². The highest BCUT2D eigenvalue weighted by atomic mass is 32.1. The number of rotatable bonds is 6. The van der Waals surface area contributed by atoms with Crippen molar-refractivity contribution < 1.29 is 19.4 Å². The average molecular weight is 427 g/mol. The Labute approximate surface area is 181 Å². The van der Waals surface area contributed by atoms with Gasteiger partial charge >= 0.3 is 5.97 Å². The highest BCUT2D eigenvalue weighted by Crippen LogP contribution is 2.42. The third-order valence-electron chi connectivity index (χ3n) is 5.21. The van der Waals surface area contributed by atoms with Gasteiger partial charge in [-0.15, -0.1) is 0 Å². The van der Waals surface area contributed by atoms with Gasteiger partial charge in [-0.2, -0.15) is 0 Å². The lowest BCUT2D eigenvalue weighted by Crippen LogP contribution is -2.72. The summed E-state index contributed by atoms with van der Waals surface area (Å²) in [6.45, 7) is 5.20. The summed E-state index contributed by atoms with van der Waals surface area (Å²) in [6, 6.07) is 17.3. The van der Waals surface area contributed by atoms with E-state index in [4.69, 9.17) is 17.0 Å². The van der Waals surface area contributed by atoms with Crippen LogP contribution in [-0.2, 0) is 14.3 Å². The van der Waals surface area contributed by atoms with E-state index in [1.165, 1.54) is 4.90 Å². The van der Waals surface area contributed by atoms with Crippen molar-refractivity contribution in [3.8, 4) is 0 Å². The van der Waals surface area contributed by atoms with Crippen molar-refractivity contribution >= 4 is 34.8 Å². The van der Waals surface area contributed by atoms with Crippen LogP contribution < -0.4 is 10.2 Å². The quantitative estimate of drug-likeness (QED) is 0.542. The average Bonchev–Trinajstić information content (AvgIpc) is 2.74. The van der Waals surface area contributed by atoms with Gasteiger partial charge in [0.2, 0.25) is 0 Å². The van der Waals surface area contributed by atoms with Crippen molar-refractivity contribution in [2.45, 2.75) is 32.5 Å². The molecule has 1 aliphatic rings. The predicted octanol–water partition coefficient (Wildman–Crippen LogP) is 3.22. The van der Waals surface area contributed by atoms with Crippen molar-refractivity contribution in [1.82, 2.24) is 5.32 Å². The summed E-state index contributed by atoms with van der Waals surface area (Å²) < 4.78 is 5.26. The second-order valence-electron chi connectivity index (χ2n) is 7.49. The molecule has 6 nitrogen and oxygen atoms in total. The van der Waals surface area contributed by atoms with Crippen LogP contribution in [0.1, 0.15) is 32.4 Å².